The van der Waals surface area contributed by atoms with Crippen LogP contribution in [-0.4, -0.2) is 24.1 Å². The highest BCUT2D eigenvalue weighted by Crippen LogP contribution is 2.26. The summed E-state index contributed by atoms with van der Waals surface area (Å²) in [6.45, 7) is 6.61. The van der Waals surface area contributed by atoms with Crippen molar-refractivity contribution in [1.82, 2.24) is 4.98 Å². The van der Waals surface area contributed by atoms with Gasteiger partial charge in [0.1, 0.15) is 11.6 Å². The highest BCUT2D eigenvalue weighted by atomic mass is 15.2. The first-order valence-electron chi connectivity index (χ1n) is 7.82. The molecule has 1 saturated heterocycles. The smallest absolute Gasteiger partial charge is 0.131 e. The van der Waals surface area contributed by atoms with E-state index >= 15 is 0 Å². The molecule has 3 nitrogen and oxygen atoms in total. The number of nitrogens with zero attached hydrogens (tertiary/aromatic N) is 2. The SMILES string of the molecule is CCCNc1cccc(N2CCCCC2CCC)n1. The van der Waals surface area contributed by atoms with E-state index in [2.05, 4.69) is 42.3 Å². The number of hydrogen-bond acceptors (Lipinski definition) is 3. The Morgan fingerprint density at radius 2 is 2.16 bits per heavy atom. The highest BCUT2D eigenvalue weighted by Gasteiger charge is 2.22. The lowest BCUT2D eigenvalue weighted by atomic mass is 9.98. The molecule has 1 unspecified atom stereocenters. The Kier molecular flexibility index (Phi) is 5.49. The van der Waals surface area contributed by atoms with Crippen LogP contribution in [0.25, 0.3) is 0 Å². The molecule has 1 aromatic heterocycles. The van der Waals surface area contributed by atoms with Gasteiger partial charge in [0.25, 0.3) is 0 Å². The maximum absolute atomic E-state index is 4.78. The Balaban J connectivity index is 2.09. The fourth-order valence-electron chi connectivity index (χ4n) is 2.87. The lowest BCUT2D eigenvalue weighted by Gasteiger charge is -2.36. The van der Waals surface area contributed by atoms with Crippen LogP contribution >= 0.6 is 0 Å². The summed E-state index contributed by atoms with van der Waals surface area (Å²) in [6, 6.07) is 7.04. The Labute approximate surface area is 117 Å². The van der Waals surface area contributed by atoms with Crippen LogP contribution in [0, 0.1) is 0 Å². The minimum Gasteiger partial charge on any atom is -0.370 e. The average Bonchev–Trinajstić information content (AvgIpc) is 2.46. The number of piperidine rings is 1. The molecule has 106 valence electrons. The molecular formula is C16H27N3. The third kappa shape index (κ3) is 3.85. The molecular weight excluding hydrogens is 234 g/mol. The van der Waals surface area contributed by atoms with Gasteiger partial charge in [0, 0.05) is 19.1 Å². The van der Waals surface area contributed by atoms with E-state index in [1.165, 1.54) is 32.1 Å². The van der Waals surface area contributed by atoms with Gasteiger partial charge in [-0.2, -0.15) is 0 Å². The molecule has 1 aliphatic heterocycles. The monoisotopic (exact) mass is 261 g/mol. The third-order valence-electron chi connectivity index (χ3n) is 3.83. The lowest BCUT2D eigenvalue weighted by Crippen LogP contribution is -2.40. The molecule has 19 heavy (non-hydrogen) atoms. The Morgan fingerprint density at radius 3 is 2.95 bits per heavy atom. The Hall–Kier alpha value is -1.25. The number of anilines is 2. The maximum atomic E-state index is 4.78. The predicted molar refractivity (Wildman–Crippen MR) is 82.9 cm³/mol. The molecule has 0 spiro atoms. The minimum absolute atomic E-state index is 0.688. The van der Waals surface area contributed by atoms with Gasteiger partial charge in [0.2, 0.25) is 0 Å². The van der Waals surface area contributed by atoms with Crippen molar-refractivity contribution in [2.45, 2.75) is 58.4 Å². The summed E-state index contributed by atoms with van der Waals surface area (Å²) >= 11 is 0. The molecule has 0 amide bonds. The van der Waals surface area contributed by atoms with E-state index in [0.29, 0.717) is 6.04 Å². The van der Waals surface area contributed by atoms with Gasteiger partial charge in [-0.3, -0.25) is 0 Å². The van der Waals surface area contributed by atoms with Gasteiger partial charge >= 0.3 is 0 Å². The normalized spacial score (nSPS) is 19.5. The summed E-state index contributed by atoms with van der Waals surface area (Å²) < 4.78 is 0. The zero-order valence-electron chi connectivity index (χ0n) is 12.4. The number of nitrogens with one attached hydrogen (secondary N) is 1. The van der Waals surface area contributed by atoms with E-state index in [-0.39, 0.29) is 0 Å². The van der Waals surface area contributed by atoms with E-state index in [1.54, 1.807) is 0 Å². The van der Waals surface area contributed by atoms with Crippen LogP contribution in [0.5, 0.6) is 0 Å². The molecule has 1 fully saturated rings. The molecule has 0 aromatic carbocycles. The Bertz CT molecular complexity index is 376. The van der Waals surface area contributed by atoms with E-state index in [9.17, 15) is 0 Å². The Morgan fingerprint density at radius 1 is 1.26 bits per heavy atom. The van der Waals surface area contributed by atoms with Crippen LogP contribution in [0.4, 0.5) is 11.6 Å². The zero-order chi connectivity index (χ0) is 13.5. The van der Waals surface area contributed by atoms with Gasteiger partial charge in [-0.1, -0.05) is 26.3 Å². The van der Waals surface area contributed by atoms with Crippen molar-refractivity contribution in [3.05, 3.63) is 18.2 Å². The number of rotatable bonds is 6. The van der Waals surface area contributed by atoms with Crippen molar-refractivity contribution >= 4 is 11.6 Å². The standard InChI is InChI=1S/C16H27N3/c1-3-8-14-9-5-6-13-19(14)16-11-7-10-15(18-16)17-12-4-2/h7,10-11,14H,3-6,8-9,12-13H2,1-2H3,(H,17,18). The fraction of sp³-hybridized carbons (Fsp3) is 0.688. The largest absolute Gasteiger partial charge is 0.370 e. The summed E-state index contributed by atoms with van der Waals surface area (Å²) in [7, 11) is 0. The number of aromatic nitrogens is 1. The first kappa shape index (κ1) is 14.2. The second-order valence-corrected chi connectivity index (χ2v) is 5.44. The van der Waals surface area contributed by atoms with E-state index in [4.69, 9.17) is 4.98 Å². The quantitative estimate of drug-likeness (QED) is 0.837. The van der Waals surface area contributed by atoms with Gasteiger partial charge in [-0.15, -0.1) is 0 Å². The topological polar surface area (TPSA) is 28.2 Å². The summed E-state index contributed by atoms with van der Waals surface area (Å²) in [6.07, 6.45) is 7.67. The second kappa shape index (κ2) is 7.37. The van der Waals surface area contributed by atoms with Gasteiger partial charge in [0.15, 0.2) is 0 Å². The van der Waals surface area contributed by atoms with Crippen LogP contribution in [0.3, 0.4) is 0 Å². The van der Waals surface area contributed by atoms with Gasteiger partial charge < -0.3 is 10.2 Å². The van der Waals surface area contributed by atoms with Gasteiger partial charge in [-0.05, 0) is 44.2 Å². The summed E-state index contributed by atoms with van der Waals surface area (Å²) in [5, 5.41) is 3.38. The zero-order valence-corrected chi connectivity index (χ0v) is 12.4. The van der Waals surface area contributed by atoms with Crippen LogP contribution in [0.1, 0.15) is 52.4 Å². The summed E-state index contributed by atoms with van der Waals surface area (Å²) in [5.74, 6) is 2.17. The lowest BCUT2D eigenvalue weighted by molar-refractivity contribution is 0.432. The minimum atomic E-state index is 0.688. The molecule has 2 heterocycles. The molecule has 1 N–H and O–H groups in total. The van der Waals surface area contributed by atoms with Crippen molar-refractivity contribution in [1.29, 1.82) is 0 Å². The van der Waals surface area contributed by atoms with Crippen molar-refractivity contribution < 1.29 is 0 Å². The second-order valence-electron chi connectivity index (χ2n) is 5.44. The summed E-state index contributed by atoms with van der Waals surface area (Å²) in [5.41, 5.74) is 0. The van der Waals surface area contributed by atoms with Crippen molar-refractivity contribution in [2.75, 3.05) is 23.3 Å². The molecule has 1 aromatic rings. The average molecular weight is 261 g/mol. The first-order valence-corrected chi connectivity index (χ1v) is 7.82. The van der Waals surface area contributed by atoms with Gasteiger partial charge in [-0.25, -0.2) is 4.98 Å². The van der Waals surface area contributed by atoms with E-state index < -0.39 is 0 Å². The van der Waals surface area contributed by atoms with Crippen LogP contribution < -0.4 is 10.2 Å². The highest BCUT2D eigenvalue weighted by molar-refractivity contribution is 5.48. The molecule has 0 aliphatic carbocycles. The van der Waals surface area contributed by atoms with Gasteiger partial charge in [0.05, 0.1) is 0 Å². The number of pyridine rings is 1. The molecule has 2 rings (SSSR count). The van der Waals surface area contributed by atoms with Crippen molar-refractivity contribution in [3.8, 4) is 0 Å². The molecule has 0 saturated carbocycles. The van der Waals surface area contributed by atoms with Crippen LogP contribution in [0.2, 0.25) is 0 Å². The fourth-order valence-corrected chi connectivity index (χ4v) is 2.87. The van der Waals surface area contributed by atoms with Crippen molar-refractivity contribution in [3.63, 3.8) is 0 Å². The first-order chi connectivity index (χ1) is 9.35. The van der Waals surface area contributed by atoms with Crippen LogP contribution in [-0.2, 0) is 0 Å². The van der Waals surface area contributed by atoms with E-state index in [0.717, 1.165) is 31.1 Å². The molecule has 0 bridgehead atoms. The molecule has 3 heteroatoms. The third-order valence-corrected chi connectivity index (χ3v) is 3.83. The molecule has 1 atom stereocenters. The number of hydrogen-bond donors (Lipinski definition) is 1. The summed E-state index contributed by atoms with van der Waals surface area (Å²) in [4.78, 5) is 7.30. The van der Waals surface area contributed by atoms with Crippen LogP contribution in [0.15, 0.2) is 18.2 Å². The molecule has 0 radical (unpaired) electrons. The van der Waals surface area contributed by atoms with E-state index in [1.807, 2.05) is 0 Å². The predicted octanol–water partition coefficient (Wildman–Crippen LogP) is 4.06. The molecule has 1 aliphatic rings. The van der Waals surface area contributed by atoms with Crippen molar-refractivity contribution in [2.24, 2.45) is 0 Å². The maximum Gasteiger partial charge on any atom is 0.131 e.